The maximum absolute atomic E-state index is 3.72. The molecule has 20 heavy (non-hydrogen) atoms. The van der Waals surface area contributed by atoms with Crippen molar-refractivity contribution in [1.82, 2.24) is 5.32 Å². The summed E-state index contributed by atoms with van der Waals surface area (Å²) in [7, 11) is 0. The fourth-order valence-corrected chi connectivity index (χ4v) is 4.32. The highest BCUT2D eigenvalue weighted by Crippen LogP contribution is 2.35. The highest BCUT2D eigenvalue weighted by atomic mass is 32.1. The van der Waals surface area contributed by atoms with Crippen LogP contribution in [-0.2, 0) is 0 Å². The van der Waals surface area contributed by atoms with Gasteiger partial charge in [-0.25, -0.2) is 0 Å². The van der Waals surface area contributed by atoms with Crippen LogP contribution in [0.1, 0.15) is 35.4 Å². The van der Waals surface area contributed by atoms with Crippen LogP contribution in [0.25, 0.3) is 10.1 Å². The van der Waals surface area contributed by atoms with E-state index in [1.807, 2.05) is 22.7 Å². The number of hydrogen-bond donors (Lipinski definition) is 1. The average molecular weight is 301 g/mol. The zero-order valence-electron chi connectivity index (χ0n) is 11.8. The summed E-state index contributed by atoms with van der Waals surface area (Å²) in [4.78, 5) is 1.41. The van der Waals surface area contributed by atoms with Gasteiger partial charge in [-0.15, -0.1) is 22.7 Å². The molecule has 2 heterocycles. The van der Waals surface area contributed by atoms with Crippen LogP contribution in [-0.4, -0.2) is 6.54 Å². The molecule has 1 atom stereocenters. The molecule has 0 aliphatic rings. The fourth-order valence-electron chi connectivity index (χ4n) is 2.59. The van der Waals surface area contributed by atoms with Gasteiger partial charge in [-0.3, -0.25) is 0 Å². The van der Waals surface area contributed by atoms with E-state index < -0.39 is 0 Å². The third-order valence-corrected chi connectivity index (χ3v) is 5.47. The van der Waals surface area contributed by atoms with E-state index in [9.17, 15) is 0 Å². The van der Waals surface area contributed by atoms with Crippen molar-refractivity contribution in [3.05, 3.63) is 57.1 Å². The lowest BCUT2D eigenvalue weighted by atomic mass is 9.98. The van der Waals surface area contributed by atoms with Crippen molar-refractivity contribution >= 4 is 32.8 Å². The Kier molecular flexibility index (Phi) is 4.20. The van der Waals surface area contributed by atoms with Crippen LogP contribution in [0.5, 0.6) is 0 Å². The zero-order chi connectivity index (χ0) is 13.9. The zero-order valence-corrected chi connectivity index (χ0v) is 13.5. The third-order valence-electron chi connectivity index (χ3n) is 3.63. The molecule has 0 bridgehead atoms. The Morgan fingerprint density at radius 2 is 1.95 bits per heavy atom. The number of rotatable bonds is 5. The van der Waals surface area contributed by atoms with Crippen molar-refractivity contribution in [2.45, 2.75) is 26.3 Å². The summed E-state index contributed by atoms with van der Waals surface area (Å²) in [5.41, 5.74) is 2.84. The Labute approximate surface area is 128 Å². The normalized spacial score (nSPS) is 12.9. The van der Waals surface area contributed by atoms with Gasteiger partial charge in [0, 0.05) is 9.58 Å². The minimum Gasteiger partial charge on any atom is -0.306 e. The Bertz CT molecular complexity index is 696. The number of benzene rings is 1. The molecule has 3 rings (SSSR count). The van der Waals surface area contributed by atoms with E-state index in [0.717, 1.165) is 13.0 Å². The Morgan fingerprint density at radius 3 is 2.70 bits per heavy atom. The number of nitrogens with one attached hydrogen (secondary N) is 1. The third kappa shape index (κ3) is 2.53. The van der Waals surface area contributed by atoms with E-state index in [0.29, 0.717) is 6.04 Å². The van der Waals surface area contributed by atoms with E-state index in [1.165, 1.54) is 26.1 Å². The molecular weight excluding hydrogens is 282 g/mol. The standard InChI is InChI=1S/C17H19NS2/c1-3-9-18-17(13-8-10-19-12(13)2)15-11-20-16-7-5-4-6-14(15)16/h4-8,10-11,17-18H,3,9H2,1-2H3. The maximum Gasteiger partial charge on any atom is 0.0601 e. The minimum absolute atomic E-state index is 0.317. The molecule has 0 spiro atoms. The van der Waals surface area contributed by atoms with E-state index in [1.54, 1.807) is 0 Å². The largest absolute Gasteiger partial charge is 0.306 e. The molecular formula is C17H19NS2. The topological polar surface area (TPSA) is 12.0 Å². The van der Waals surface area contributed by atoms with E-state index >= 15 is 0 Å². The highest BCUT2D eigenvalue weighted by molar-refractivity contribution is 7.17. The lowest BCUT2D eigenvalue weighted by Crippen LogP contribution is -2.23. The van der Waals surface area contributed by atoms with Crippen LogP contribution in [0.2, 0.25) is 0 Å². The van der Waals surface area contributed by atoms with Crippen LogP contribution in [0.3, 0.4) is 0 Å². The summed E-state index contributed by atoms with van der Waals surface area (Å²) in [5.74, 6) is 0. The van der Waals surface area contributed by atoms with Crippen LogP contribution in [0.4, 0.5) is 0 Å². The van der Waals surface area contributed by atoms with Gasteiger partial charge in [0.05, 0.1) is 6.04 Å². The Balaban J connectivity index is 2.07. The molecule has 1 aromatic carbocycles. The number of hydrogen-bond acceptors (Lipinski definition) is 3. The second kappa shape index (κ2) is 6.08. The molecule has 0 fully saturated rings. The van der Waals surface area contributed by atoms with Gasteiger partial charge in [-0.1, -0.05) is 25.1 Å². The second-order valence-corrected chi connectivity index (χ2v) is 7.04. The van der Waals surface area contributed by atoms with Crippen LogP contribution in [0.15, 0.2) is 41.1 Å². The lowest BCUT2D eigenvalue weighted by molar-refractivity contribution is 0.602. The smallest absolute Gasteiger partial charge is 0.0601 e. The molecule has 104 valence electrons. The van der Waals surface area contributed by atoms with Crippen molar-refractivity contribution < 1.29 is 0 Å². The quantitative estimate of drug-likeness (QED) is 0.669. The first-order chi connectivity index (χ1) is 9.81. The molecule has 1 N–H and O–H groups in total. The van der Waals surface area contributed by atoms with Gasteiger partial charge >= 0.3 is 0 Å². The van der Waals surface area contributed by atoms with Gasteiger partial charge in [0.25, 0.3) is 0 Å². The Hall–Kier alpha value is -1.16. The van der Waals surface area contributed by atoms with E-state index in [-0.39, 0.29) is 0 Å². The minimum atomic E-state index is 0.317. The van der Waals surface area contributed by atoms with Gasteiger partial charge in [-0.05, 0) is 59.3 Å². The SMILES string of the molecule is CCCNC(c1ccsc1C)c1csc2ccccc12. The number of thiophene rings is 2. The number of fused-ring (bicyclic) bond motifs is 1. The summed E-state index contributed by atoms with van der Waals surface area (Å²) in [6.07, 6.45) is 1.15. The van der Waals surface area contributed by atoms with Crippen molar-refractivity contribution in [2.24, 2.45) is 0 Å². The van der Waals surface area contributed by atoms with E-state index in [4.69, 9.17) is 0 Å². The van der Waals surface area contributed by atoms with Crippen LogP contribution < -0.4 is 5.32 Å². The van der Waals surface area contributed by atoms with Gasteiger partial charge in [0.1, 0.15) is 0 Å². The summed E-state index contributed by atoms with van der Waals surface area (Å²) in [5, 5.41) is 9.62. The fraction of sp³-hybridized carbons (Fsp3) is 0.294. The van der Waals surface area contributed by atoms with Crippen molar-refractivity contribution in [2.75, 3.05) is 6.54 Å². The predicted octanol–water partition coefficient (Wildman–Crippen LogP) is 5.36. The first-order valence-corrected chi connectivity index (χ1v) is 8.80. The van der Waals surface area contributed by atoms with Gasteiger partial charge < -0.3 is 5.32 Å². The molecule has 2 aromatic heterocycles. The summed E-state index contributed by atoms with van der Waals surface area (Å²) >= 11 is 3.67. The highest BCUT2D eigenvalue weighted by Gasteiger charge is 2.19. The summed E-state index contributed by atoms with van der Waals surface area (Å²) < 4.78 is 1.37. The maximum atomic E-state index is 3.72. The monoisotopic (exact) mass is 301 g/mol. The van der Waals surface area contributed by atoms with Crippen molar-refractivity contribution in [1.29, 1.82) is 0 Å². The van der Waals surface area contributed by atoms with Gasteiger partial charge in [-0.2, -0.15) is 0 Å². The molecule has 1 unspecified atom stereocenters. The van der Waals surface area contributed by atoms with Crippen molar-refractivity contribution in [3.8, 4) is 0 Å². The van der Waals surface area contributed by atoms with Crippen LogP contribution in [0, 0.1) is 6.92 Å². The van der Waals surface area contributed by atoms with E-state index in [2.05, 4.69) is 60.3 Å². The summed E-state index contributed by atoms with van der Waals surface area (Å²) in [6.45, 7) is 5.48. The number of aryl methyl sites for hydroxylation is 1. The summed E-state index contributed by atoms with van der Waals surface area (Å²) in [6, 6.07) is 11.3. The lowest BCUT2D eigenvalue weighted by Gasteiger charge is -2.18. The molecule has 1 nitrogen and oxygen atoms in total. The molecule has 0 aliphatic carbocycles. The Morgan fingerprint density at radius 1 is 1.10 bits per heavy atom. The average Bonchev–Trinajstić information content (AvgIpc) is 3.07. The molecule has 0 aliphatic heterocycles. The van der Waals surface area contributed by atoms with Gasteiger partial charge in [0.2, 0.25) is 0 Å². The van der Waals surface area contributed by atoms with Crippen LogP contribution >= 0.6 is 22.7 Å². The molecule has 0 radical (unpaired) electrons. The van der Waals surface area contributed by atoms with Crippen molar-refractivity contribution in [3.63, 3.8) is 0 Å². The first kappa shape index (κ1) is 13.8. The molecule has 0 saturated carbocycles. The van der Waals surface area contributed by atoms with Gasteiger partial charge in [0.15, 0.2) is 0 Å². The first-order valence-electron chi connectivity index (χ1n) is 7.04. The molecule has 3 heteroatoms. The molecule has 0 amide bonds. The second-order valence-electron chi connectivity index (χ2n) is 5.01. The molecule has 0 saturated heterocycles. The predicted molar refractivity (Wildman–Crippen MR) is 91.0 cm³/mol. The molecule has 3 aromatic rings.